The zero-order valence-electron chi connectivity index (χ0n) is 25.4. The van der Waals surface area contributed by atoms with Crippen LogP contribution in [0.3, 0.4) is 0 Å². The minimum atomic E-state index is -4.00. The number of carbonyl (C=O) groups is 1. The van der Waals surface area contributed by atoms with Gasteiger partial charge in [0.15, 0.2) is 0 Å². The molecule has 0 saturated heterocycles. The highest BCUT2D eigenvalue weighted by atomic mass is 32.2. The molecule has 4 N–H and O–H groups in total. The fourth-order valence-corrected chi connectivity index (χ4v) is 6.55. The van der Waals surface area contributed by atoms with E-state index in [2.05, 4.69) is 12.2 Å². The van der Waals surface area contributed by atoms with Gasteiger partial charge < -0.3 is 25.4 Å². The molecule has 0 heterocycles. The minimum Gasteiger partial charge on any atom is -0.508 e. The zero-order valence-corrected chi connectivity index (χ0v) is 26.2. The van der Waals surface area contributed by atoms with E-state index in [1.54, 1.807) is 42.5 Å². The molecule has 9 nitrogen and oxygen atoms in total. The normalized spacial score (nSPS) is 13.2. The largest absolute Gasteiger partial charge is 0.508 e. The number of phenolic OH excluding ortho intramolecular Hbond substituents is 2. The van der Waals surface area contributed by atoms with Gasteiger partial charge in [-0.15, -0.1) is 0 Å². The number of phenols is 2. The Labute approximate surface area is 255 Å². The molecule has 0 spiro atoms. The second-order valence-corrected chi connectivity index (χ2v) is 13.1. The molecule has 0 saturated carbocycles. The number of carbonyl (C=O) groups excluding carboxylic acids is 1. The summed E-state index contributed by atoms with van der Waals surface area (Å²) in [6.07, 6.45) is 2.16. The van der Waals surface area contributed by atoms with Gasteiger partial charge in [-0.05, 0) is 79.3 Å². The summed E-state index contributed by atoms with van der Waals surface area (Å²) in [5.41, 5.74) is 1.58. The first kappa shape index (κ1) is 33.9. The molecule has 2 atom stereocenters. The van der Waals surface area contributed by atoms with Crippen molar-refractivity contribution in [2.24, 2.45) is 5.92 Å². The number of aliphatic hydroxyl groups is 1. The summed E-state index contributed by atoms with van der Waals surface area (Å²) in [4.78, 5) is 13.7. The van der Waals surface area contributed by atoms with E-state index in [1.807, 2.05) is 13.8 Å². The molecule has 234 valence electrons. The molecule has 3 rings (SSSR count). The summed E-state index contributed by atoms with van der Waals surface area (Å²) < 4.78 is 33.8. The fraction of sp³-hybridized carbons (Fsp3) is 0.424. The van der Waals surface area contributed by atoms with Gasteiger partial charge in [-0.1, -0.05) is 51.8 Å². The number of sulfonamides is 1. The zero-order chi connectivity index (χ0) is 31.6. The van der Waals surface area contributed by atoms with E-state index in [0.717, 1.165) is 24.8 Å². The quantitative estimate of drug-likeness (QED) is 0.169. The molecular weight excluding hydrogens is 568 g/mol. The van der Waals surface area contributed by atoms with Crippen LogP contribution < -0.4 is 10.1 Å². The first-order valence-electron chi connectivity index (χ1n) is 14.7. The van der Waals surface area contributed by atoms with Gasteiger partial charge in [0.25, 0.3) is 5.91 Å². The Morgan fingerprint density at radius 3 is 2.23 bits per heavy atom. The van der Waals surface area contributed by atoms with E-state index >= 15 is 0 Å². The number of unbranched alkanes of at least 4 members (excludes halogenated alkanes) is 2. The highest BCUT2D eigenvalue weighted by molar-refractivity contribution is 7.89. The molecule has 0 aliphatic heterocycles. The molecule has 0 fully saturated rings. The molecule has 3 aromatic rings. The Kier molecular flexibility index (Phi) is 12.4. The lowest BCUT2D eigenvalue weighted by atomic mass is 9.97. The summed E-state index contributed by atoms with van der Waals surface area (Å²) in [6.45, 7) is 5.74. The van der Waals surface area contributed by atoms with Gasteiger partial charge in [0.05, 0.1) is 24.2 Å². The Morgan fingerprint density at radius 2 is 1.63 bits per heavy atom. The van der Waals surface area contributed by atoms with Crippen molar-refractivity contribution in [1.82, 2.24) is 9.62 Å². The SMILES string of the molecule is CCCCCc1c(O)cccc1C(=O)N[C@@H](Cc1ccc(O)cc1)[C@H](O)CN(CC(C)C)S(=O)(=O)c1ccc(OC)cc1. The molecule has 43 heavy (non-hydrogen) atoms. The van der Waals surface area contributed by atoms with Crippen LogP contribution in [0.4, 0.5) is 0 Å². The van der Waals surface area contributed by atoms with Crippen molar-refractivity contribution >= 4 is 15.9 Å². The molecule has 0 aromatic heterocycles. The van der Waals surface area contributed by atoms with Crippen molar-refractivity contribution < 1.29 is 33.3 Å². The average Bonchev–Trinajstić information content (AvgIpc) is 2.98. The Bertz CT molecular complexity index is 1420. The third-order valence-corrected chi connectivity index (χ3v) is 9.10. The van der Waals surface area contributed by atoms with Gasteiger partial charge in [-0.3, -0.25) is 4.79 Å². The number of aromatic hydroxyl groups is 2. The monoisotopic (exact) mass is 612 g/mol. The van der Waals surface area contributed by atoms with Crippen LogP contribution in [0, 0.1) is 5.92 Å². The first-order valence-corrected chi connectivity index (χ1v) is 16.1. The summed E-state index contributed by atoms with van der Waals surface area (Å²) in [5, 5.41) is 34.8. The lowest BCUT2D eigenvalue weighted by Crippen LogP contribution is -2.51. The number of aliphatic hydroxyl groups excluding tert-OH is 1. The number of nitrogens with zero attached hydrogens (tertiary/aromatic N) is 1. The molecule has 0 aliphatic carbocycles. The highest BCUT2D eigenvalue weighted by Gasteiger charge is 2.32. The van der Waals surface area contributed by atoms with Crippen molar-refractivity contribution in [1.29, 1.82) is 0 Å². The molecule has 0 bridgehead atoms. The average molecular weight is 613 g/mol. The lowest BCUT2D eigenvalue weighted by Gasteiger charge is -2.31. The van der Waals surface area contributed by atoms with Crippen molar-refractivity contribution in [2.75, 3.05) is 20.2 Å². The highest BCUT2D eigenvalue weighted by Crippen LogP contribution is 2.25. The molecule has 0 unspecified atom stereocenters. The lowest BCUT2D eigenvalue weighted by molar-refractivity contribution is 0.0774. The van der Waals surface area contributed by atoms with Crippen LogP contribution >= 0.6 is 0 Å². The predicted molar refractivity (Wildman–Crippen MR) is 167 cm³/mol. The number of rotatable bonds is 16. The number of hydrogen-bond acceptors (Lipinski definition) is 7. The Morgan fingerprint density at radius 1 is 0.953 bits per heavy atom. The third kappa shape index (κ3) is 9.44. The van der Waals surface area contributed by atoms with Crippen molar-refractivity contribution in [3.05, 3.63) is 83.4 Å². The molecule has 0 aliphatic rings. The number of hydrogen-bond donors (Lipinski definition) is 4. The van der Waals surface area contributed by atoms with Crippen molar-refractivity contribution in [3.8, 4) is 17.2 Å². The van der Waals surface area contributed by atoms with Crippen LogP contribution in [-0.4, -0.2) is 66.3 Å². The smallest absolute Gasteiger partial charge is 0.252 e. The summed E-state index contributed by atoms with van der Waals surface area (Å²) in [5.74, 6) is 0.122. The minimum absolute atomic E-state index is 0.0353. The Hall–Kier alpha value is -3.60. The van der Waals surface area contributed by atoms with Gasteiger partial charge in [0.1, 0.15) is 17.2 Å². The number of benzene rings is 3. The van der Waals surface area contributed by atoms with E-state index in [0.29, 0.717) is 23.3 Å². The van der Waals surface area contributed by atoms with E-state index < -0.39 is 28.1 Å². The van der Waals surface area contributed by atoms with Crippen LogP contribution in [0.5, 0.6) is 17.2 Å². The van der Waals surface area contributed by atoms with Gasteiger partial charge in [0.2, 0.25) is 10.0 Å². The maximum absolute atomic E-state index is 13.7. The van der Waals surface area contributed by atoms with E-state index in [9.17, 15) is 28.5 Å². The molecule has 10 heteroatoms. The van der Waals surface area contributed by atoms with Crippen LogP contribution in [0.25, 0.3) is 0 Å². The van der Waals surface area contributed by atoms with Crippen LogP contribution in [0.1, 0.15) is 61.5 Å². The second-order valence-electron chi connectivity index (χ2n) is 11.2. The predicted octanol–water partition coefficient (Wildman–Crippen LogP) is 4.89. The second kappa shape index (κ2) is 15.7. The summed E-state index contributed by atoms with van der Waals surface area (Å²) in [6, 6.07) is 16.4. The molecule has 0 radical (unpaired) electrons. The summed E-state index contributed by atoms with van der Waals surface area (Å²) in [7, 11) is -2.50. The van der Waals surface area contributed by atoms with Gasteiger partial charge in [0, 0.05) is 24.2 Å². The topological polar surface area (TPSA) is 136 Å². The number of nitrogens with one attached hydrogen (secondary N) is 1. The van der Waals surface area contributed by atoms with Gasteiger partial charge >= 0.3 is 0 Å². The van der Waals surface area contributed by atoms with Crippen LogP contribution in [0.15, 0.2) is 71.6 Å². The van der Waals surface area contributed by atoms with Gasteiger partial charge in [-0.25, -0.2) is 8.42 Å². The van der Waals surface area contributed by atoms with E-state index in [-0.39, 0.29) is 41.8 Å². The number of amides is 1. The van der Waals surface area contributed by atoms with Crippen LogP contribution in [-0.2, 0) is 22.9 Å². The van der Waals surface area contributed by atoms with Gasteiger partial charge in [-0.2, -0.15) is 4.31 Å². The number of methoxy groups -OCH3 is 1. The maximum Gasteiger partial charge on any atom is 0.252 e. The van der Waals surface area contributed by atoms with E-state index in [1.165, 1.54) is 35.7 Å². The standard InChI is InChI=1S/C33H44N2O7S/c1-5-6-7-9-28-29(10-8-11-31(28)37)33(39)34-30(20-24-12-14-25(36)15-13-24)32(38)22-35(21-23(2)3)43(40,41)27-18-16-26(42-4)17-19-27/h8,10-19,23,30,32,36-38H,5-7,9,20-22H2,1-4H3,(H,34,39)/t30-,32+/m0/s1. The molecule has 3 aromatic carbocycles. The first-order chi connectivity index (χ1) is 20.5. The van der Waals surface area contributed by atoms with E-state index in [4.69, 9.17) is 4.74 Å². The Balaban J connectivity index is 1.93. The van der Waals surface area contributed by atoms with Crippen molar-refractivity contribution in [2.45, 2.75) is 69.9 Å². The third-order valence-electron chi connectivity index (χ3n) is 7.26. The maximum atomic E-state index is 13.7. The van der Waals surface area contributed by atoms with Crippen LogP contribution in [0.2, 0.25) is 0 Å². The summed E-state index contributed by atoms with van der Waals surface area (Å²) >= 11 is 0. The van der Waals surface area contributed by atoms with Crippen molar-refractivity contribution in [3.63, 3.8) is 0 Å². The molecule has 1 amide bonds. The molecular formula is C33H44N2O7S. The number of ether oxygens (including phenoxy) is 1. The fourth-order valence-electron chi connectivity index (χ4n) is 4.93.